The number of halogens is 1. The number of benzene rings is 1. The molecule has 5 nitrogen and oxygen atoms in total. The molecule has 1 aromatic carbocycles. The highest BCUT2D eigenvalue weighted by Gasteiger charge is 2.13. The molecular formula is C13H10BrN5. The molecule has 6 heteroatoms. The van der Waals surface area contributed by atoms with E-state index in [2.05, 4.69) is 26.0 Å². The van der Waals surface area contributed by atoms with Crippen molar-refractivity contribution in [2.24, 2.45) is 5.73 Å². The summed E-state index contributed by atoms with van der Waals surface area (Å²) in [4.78, 5) is 4.32. The van der Waals surface area contributed by atoms with Crippen molar-refractivity contribution >= 4 is 32.7 Å². The predicted octanol–water partition coefficient (Wildman–Crippen LogP) is 2.47. The monoisotopic (exact) mass is 315 g/mol. The first-order chi connectivity index (χ1) is 9.16. The van der Waals surface area contributed by atoms with Crippen molar-refractivity contribution in [2.45, 2.75) is 0 Å². The van der Waals surface area contributed by atoms with Crippen molar-refractivity contribution in [1.29, 1.82) is 5.41 Å². The van der Waals surface area contributed by atoms with Crippen LogP contribution in [0.25, 0.3) is 16.6 Å². The van der Waals surface area contributed by atoms with Crippen LogP contribution in [0.15, 0.2) is 47.3 Å². The average Bonchev–Trinajstić information content (AvgIpc) is 2.83. The lowest BCUT2D eigenvalue weighted by molar-refractivity contribution is 0.883. The van der Waals surface area contributed by atoms with Gasteiger partial charge in [0.1, 0.15) is 5.84 Å². The zero-order valence-corrected chi connectivity index (χ0v) is 11.4. The number of para-hydroxylation sites is 1. The van der Waals surface area contributed by atoms with Gasteiger partial charge in [-0.3, -0.25) is 10.4 Å². The van der Waals surface area contributed by atoms with Gasteiger partial charge in [-0.15, -0.1) is 0 Å². The van der Waals surface area contributed by atoms with E-state index in [9.17, 15) is 0 Å². The number of amidine groups is 1. The fourth-order valence-corrected chi connectivity index (χ4v) is 2.28. The minimum absolute atomic E-state index is 0.0279. The summed E-state index contributed by atoms with van der Waals surface area (Å²) in [7, 11) is 0. The number of fused-ring (bicyclic) bond motifs is 1. The van der Waals surface area contributed by atoms with Crippen LogP contribution >= 0.6 is 15.9 Å². The molecule has 2 heterocycles. The maximum atomic E-state index is 7.69. The Hall–Kier alpha value is -2.21. The number of aromatic nitrogens is 3. The van der Waals surface area contributed by atoms with Crippen molar-refractivity contribution in [1.82, 2.24) is 14.8 Å². The summed E-state index contributed by atoms with van der Waals surface area (Å²) in [6, 6.07) is 7.71. The van der Waals surface area contributed by atoms with E-state index in [-0.39, 0.29) is 5.84 Å². The number of hydrogen-bond acceptors (Lipinski definition) is 3. The van der Waals surface area contributed by atoms with Gasteiger partial charge in [0.25, 0.3) is 0 Å². The quantitative estimate of drug-likeness (QED) is 0.563. The van der Waals surface area contributed by atoms with Crippen LogP contribution in [0.4, 0.5) is 0 Å². The molecule has 3 aromatic rings. The van der Waals surface area contributed by atoms with Crippen molar-refractivity contribution in [3.63, 3.8) is 0 Å². The largest absolute Gasteiger partial charge is 0.384 e. The van der Waals surface area contributed by atoms with Gasteiger partial charge in [-0.2, -0.15) is 5.10 Å². The number of nitrogen functional groups attached to an aromatic ring is 1. The molecule has 0 fully saturated rings. The van der Waals surface area contributed by atoms with Gasteiger partial charge >= 0.3 is 0 Å². The molecule has 0 aliphatic carbocycles. The lowest BCUT2D eigenvalue weighted by Crippen LogP contribution is -2.16. The van der Waals surface area contributed by atoms with E-state index < -0.39 is 0 Å². The van der Waals surface area contributed by atoms with Crippen molar-refractivity contribution in [3.8, 4) is 5.69 Å². The zero-order chi connectivity index (χ0) is 13.4. The third kappa shape index (κ3) is 2.00. The molecule has 19 heavy (non-hydrogen) atoms. The zero-order valence-electron chi connectivity index (χ0n) is 9.84. The first-order valence-corrected chi connectivity index (χ1v) is 6.39. The van der Waals surface area contributed by atoms with Gasteiger partial charge in [-0.1, -0.05) is 18.2 Å². The SMILES string of the molecule is N=C(N)c1cnc2ccccc2c1-n1cc(Br)cn1. The van der Waals surface area contributed by atoms with Gasteiger partial charge in [-0.05, 0) is 22.0 Å². The van der Waals surface area contributed by atoms with E-state index in [1.165, 1.54) is 0 Å². The van der Waals surface area contributed by atoms with Crippen LogP contribution in [0.3, 0.4) is 0 Å². The summed E-state index contributed by atoms with van der Waals surface area (Å²) >= 11 is 3.37. The number of nitrogens with zero attached hydrogens (tertiary/aromatic N) is 3. The summed E-state index contributed by atoms with van der Waals surface area (Å²) in [5, 5.41) is 12.9. The third-order valence-corrected chi connectivity index (χ3v) is 3.23. The van der Waals surface area contributed by atoms with Gasteiger partial charge in [0.2, 0.25) is 0 Å². The highest BCUT2D eigenvalue weighted by molar-refractivity contribution is 9.10. The number of nitrogens with two attached hydrogens (primary N) is 1. The van der Waals surface area contributed by atoms with Crippen LogP contribution in [0.1, 0.15) is 5.56 Å². The Balaban J connectivity index is 2.41. The molecule has 3 N–H and O–H groups in total. The molecule has 0 aliphatic heterocycles. The smallest absolute Gasteiger partial charge is 0.126 e. The summed E-state index contributed by atoms with van der Waals surface area (Å²) in [6.07, 6.45) is 5.13. The summed E-state index contributed by atoms with van der Waals surface area (Å²) in [6.45, 7) is 0. The van der Waals surface area contributed by atoms with E-state index in [1.54, 1.807) is 17.1 Å². The molecule has 0 spiro atoms. The average molecular weight is 316 g/mol. The Kier molecular flexibility index (Phi) is 2.79. The third-order valence-electron chi connectivity index (χ3n) is 2.82. The minimum atomic E-state index is -0.0279. The number of nitrogens with one attached hydrogen (secondary N) is 1. The second-order valence-corrected chi connectivity index (χ2v) is 4.97. The van der Waals surface area contributed by atoms with Crippen molar-refractivity contribution in [3.05, 3.63) is 52.9 Å². The first kappa shape index (κ1) is 11.9. The van der Waals surface area contributed by atoms with Crippen molar-refractivity contribution < 1.29 is 0 Å². The van der Waals surface area contributed by atoms with Gasteiger partial charge in [-0.25, -0.2) is 4.68 Å². The van der Waals surface area contributed by atoms with E-state index >= 15 is 0 Å². The second kappa shape index (κ2) is 4.47. The Bertz CT molecular complexity index is 778. The summed E-state index contributed by atoms with van der Waals surface area (Å²) in [5.41, 5.74) is 7.81. The molecule has 0 unspecified atom stereocenters. The topological polar surface area (TPSA) is 80.6 Å². The molecular weight excluding hydrogens is 306 g/mol. The molecule has 94 valence electrons. The Morgan fingerprint density at radius 3 is 2.74 bits per heavy atom. The predicted molar refractivity (Wildman–Crippen MR) is 77.6 cm³/mol. The van der Waals surface area contributed by atoms with Crippen LogP contribution in [-0.2, 0) is 0 Å². The number of rotatable bonds is 2. The molecule has 0 saturated carbocycles. The fraction of sp³-hybridized carbons (Fsp3) is 0. The van der Waals surface area contributed by atoms with E-state index in [4.69, 9.17) is 11.1 Å². The molecule has 0 aliphatic rings. The Labute approximate surface area is 117 Å². The fourth-order valence-electron chi connectivity index (χ4n) is 1.99. The highest BCUT2D eigenvalue weighted by Crippen LogP contribution is 2.24. The van der Waals surface area contributed by atoms with E-state index in [1.807, 2.05) is 30.5 Å². The molecule has 0 atom stereocenters. The first-order valence-electron chi connectivity index (χ1n) is 5.59. The second-order valence-electron chi connectivity index (χ2n) is 4.05. The highest BCUT2D eigenvalue weighted by atomic mass is 79.9. The normalized spacial score (nSPS) is 10.8. The van der Waals surface area contributed by atoms with Crippen LogP contribution in [-0.4, -0.2) is 20.6 Å². The molecule has 0 amide bonds. The maximum absolute atomic E-state index is 7.69. The summed E-state index contributed by atoms with van der Waals surface area (Å²) in [5.74, 6) is -0.0279. The standard InChI is InChI=1S/C13H10BrN5/c14-8-5-18-19(7-8)12-9-3-1-2-4-11(9)17-6-10(12)13(15)16/h1-7H,(H3,15,16). The molecule has 3 rings (SSSR count). The lowest BCUT2D eigenvalue weighted by Gasteiger charge is -2.11. The Morgan fingerprint density at radius 2 is 2.05 bits per heavy atom. The van der Waals surface area contributed by atoms with E-state index in [0.29, 0.717) is 5.56 Å². The minimum Gasteiger partial charge on any atom is -0.384 e. The number of pyridine rings is 1. The van der Waals surface area contributed by atoms with Crippen LogP contribution in [0.5, 0.6) is 0 Å². The van der Waals surface area contributed by atoms with E-state index in [0.717, 1.165) is 21.1 Å². The Morgan fingerprint density at radius 1 is 1.26 bits per heavy atom. The lowest BCUT2D eigenvalue weighted by atomic mass is 10.1. The van der Waals surface area contributed by atoms with Gasteiger partial charge < -0.3 is 5.73 Å². The van der Waals surface area contributed by atoms with Gasteiger partial charge in [0.15, 0.2) is 0 Å². The van der Waals surface area contributed by atoms with Crippen LogP contribution in [0, 0.1) is 5.41 Å². The summed E-state index contributed by atoms with van der Waals surface area (Å²) < 4.78 is 2.56. The number of hydrogen-bond donors (Lipinski definition) is 2. The van der Waals surface area contributed by atoms with Crippen molar-refractivity contribution in [2.75, 3.05) is 0 Å². The van der Waals surface area contributed by atoms with Crippen LogP contribution < -0.4 is 5.73 Å². The molecule has 0 saturated heterocycles. The van der Waals surface area contributed by atoms with Gasteiger partial charge in [0.05, 0.1) is 27.4 Å². The van der Waals surface area contributed by atoms with Crippen LogP contribution in [0.2, 0.25) is 0 Å². The molecule has 0 bridgehead atoms. The maximum Gasteiger partial charge on any atom is 0.126 e. The van der Waals surface area contributed by atoms with Gasteiger partial charge in [0, 0.05) is 17.8 Å². The molecule has 0 radical (unpaired) electrons. The molecule has 2 aromatic heterocycles.